The second-order valence-electron chi connectivity index (χ2n) is 7.96. The molecule has 5 heteroatoms. The van der Waals surface area contributed by atoms with Crippen LogP contribution >= 0.6 is 0 Å². The maximum atomic E-state index is 13.1. The number of anilines is 1. The highest BCUT2D eigenvalue weighted by Gasteiger charge is 2.39. The predicted molar refractivity (Wildman–Crippen MR) is 110 cm³/mol. The van der Waals surface area contributed by atoms with Crippen LogP contribution < -0.4 is 4.90 Å². The smallest absolute Gasteiger partial charge is 0.232 e. The molecule has 0 aliphatic carbocycles. The van der Waals surface area contributed by atoms with Crippen LogP contribution in [-0.4, -0.2) is 20.7 Å². The lowest BCUT2D eigenvalue weighted by molar-refractivity contribution is -0.122. The van der Waals surface area contributed by atoms with Gasteiger partial charge >= 0.3 is 0 Å². The molecular formula is C23H26N4O. The van der Waals surface area contributed by atoms with Crippen LogP contribution in [0.5, 0.6) is 0 Å². The van der Waals surface area contributed by atoms with E-state index in [-0.39, 0.29) is 23.9 Å². The summed E-state index contributed by atoms with van der Waals surface area (Å²) >= 11 is 0. The quantitative estimate of drug-likeness (QED) is 0.672. The molecule has 0 saturated carbocycles. The van der Waals surface area contributed by atoms with Gasteiger partial charge in [-0.15, -0.1) is 0 Å². The summed E-state index contributed by atoms with van der Waals surface area (Å²) in [6, 6.07) is 17.0. The average Bonchev–Trinajstić information content (AvgIpc) is 3.17. The molecule has 4 rings (SSSR count). The molecule has 5 nitrogen and oxygen atoms in total. The summed E-state index contributed by atoms with van der Waals surface area (Å²) in [6.07, 6.45) is 2.32. The summed E-state index contributed by atoms with van der Waals surface area (Å²) in [4.78, 5) is 19.5. The number of benzene rings is 2. The van der Waals surface area contributed by atoms with Crippen LogP contribution in [0.1, 0.15) is 54.6 Å². The van der Waals surface area contributed by atoms with Gasteiger partial charge in [-0.2, -0.15) is 10.1 Å². The van der Waals surface area contributed by atoms with Gasteiger partial charge in [0.05, 0.1) is 12.1 Å². The van der Waals surface area contributed by atoms with E-state index >= 15 is 0 Å². The van der Waals surface area contributed by atoms with Gasteiger partial charge in [0, 0.05) is 5.92 Å². The average molecular weight is 374 g/mol. The van der Waals surface area contributed by atoms with Gasteiger partial charge in [0.2, 0.25) is 11.9 Å². The highest BCUT2D eigenvalue weighted by Crippen LogP contribution is 2.42. The molecule has 1 aliphatic rings. The predicted octanol–water partition coefficient (Wildman–Crippen LogP) is 4.62. The van der Waals surface area contributed by atoms with Crippen LogP contribution in [0.2, 0.25) is 0 Å². The molecule has 2 atom stereocenters. The van der Waals surface area contributed by atoms with Gasteiger partial charge < -0.3 is 0 Å². The second-order valence-corrected chi connectivity index (χ2v) is 7.96. The van der Waals surface area contributed by atoms with E-state index in [1.807, 2.05) is 23.4 Å². The van der Waals surface area contributed by atoms with Crippen molar-refractivity contribution >= 4 is 11.9 Å². The minimum Gasteiger partial charge on any atom is -0.274 e. The SMILES string of the molecule is Cc1ccc(C2CC(c3ccc(C)cc3)n3ncnc3N2C(=O)C(C)C)cc1. The summed E-state index contributed by atoms with van der Waals surface area (Å²) in [5.74, 6) is 0.581. The summed E-state index contributed by atoms with van der Waals surface area (Å²) in [5.41, 5.74) is 4.75. The Hall–Kier alpha value is -2.95. The molecule has 28 heavy (non-hydrogen) atoms. The molecule has 0 saturated heterocycles. The zero-order chi connectivity index (χ0) is 19.8. The third-order valence-electron chi connectivity index (χ3n) is 5.48. The van der Waals surface area contributed by atoms with Crippen LogP contribution in [0.25, 0.3) is 0 Å². The van der Waals surface area contributed by atoms with Crippen molar-refractivity contribution < 1.29 is 4.79 Å². The maximum absolute atomic E-state index is 13.1. The number of rotatable bonds is 3. The fraction of sp³-hybridized carbons (Fsp3) is 0.348. The summed E-state index contributed by atoms with van der Waals surface area (Å²) in [5, 5.41) is 4.48. The first-order valence-corrected chi connectivity index (χ1v) is 9.81. The number of aryl methyl sites for hydroxylation is 2. The Morgan fingerprint density at radius 3 is 2.00 bits per heavy atom. The Bertz CT molecular complexity index is 973. The van der Waals surface area contributed by atoms with Gasteiger partial charge in [-0.1, -0.05) is 73.5 Å². The molecule has 0 bridgehead atoms. The number of aromatic nitrogens is 3. The largest absolute Gasteiger partial charge is 0.274 e. The first-order chi connectivity index (χ1) is 13.5. The Kier molecular flexibility index (Phi) is 4.75. The Morgan fingerprint density at radius 2 is 1.46 bits per heavy atom. The van der Waals surface area contributed by atoms with Crippen LogP contribution in [0.3, 0.4) is 0 Å². The Labute approximate surface area is 166 Å². The van der Waals surface area contributed by atoms with Crippen molar-refractivity contribution in [2.75, 3.05) is 4.90 Å². The van der Waals surface area contributed by atoms with Crippen molar-refractivity contribution in [3.63, 3.8) is 0 Å². The first kappa shape index (κ1) is 18.4. The van der Waals surface area contributed by atoms with Gasteiger partial charge in [0.25, 0.3) is 0 Å². The summed E-state index contributed by atoms with van der Waals surface area (Å²) < 4.78 is 1.90. The van der Waals surface area contributed by atoms with Gasteiger partial charge in [0.15, 0.2) is 0 Å². The number of nitrogens with zero attached hydrogens (tertiary/aromatic N) is 4. The van der Waals surface area contributed by atoms with Gasteiger partial charge in [-0.05, 0) is 31.4 Å². The van der Waals surface area contributed by atoms with E-state index in [9.17, 15) is 4.79 Å². The normalized spacial score (nSPS) is 19.0. The number of hydrogen-bond acceptors (Lipinski definition) is 3. The molecule has 2 aromatic carbocycles. The highest BCUT2D eigenvalue weighted by atomic mass is 16.2. The van der Waals surface area contributed by atoms with Crippen LogP contribution in [0.4, 0.5) is 5.95 Å². The van der Waals surface area contributed by atoms with E-state index < -0.39 is 0 Å². The molecule has 1 amide bonds. The van der Waals surface area contributed by atoms with E-state index in [2.05, 4.69) is 72.5 Å². The van der Waals surface area contributed by atoms with Crippen LogP contribution in [0, 0.1) is 19.8 Å². The fourth-order valence-electron chi connectivity index (χ4n) is 3.86. The van der Waals surface area contributed by atoms with Crippen molar-refractivity contribution in [1.82, 2.24) is 14.8 Å². The van der Waals surface area contributed by atoms with Gasteiger partial charge in [0.1, 0.15) is 6.33 Å². The van der Waals surface area contributed by atoms with Crippen molar-refractivity contribution in [3.8, 4) is 0 Å². The number of carbonyl (C=O) groups excluding carboxylic acids is 1. The van der Waals surface area contributed by atoms with E-state index in [0.29, 0.717) is 5.95 Å². The van der Waals surface area contributed by atoms with Crippen LogP contribution in [0.15, 0.2) is 54.9 Å². The molecule has 3 aromatic rings. The summed E-state index contributed by atoms with van der Waals surface area (Å²) in [6.45, 7) is 8.03. The number of fused-ring (bicyclic) bond motifs is 1. The molecule has 144 valence electrons. The lowest BCUT2D eigenvalue weighted by Crippen LogP contribution is -2.44. The van der Waals surface area contributed by atoms with E-state index in [1.165, 1.54) is 16.7 Å². The number of hydrogen-bond donors (Lipinski definition) is 0. The number of carbonyl (C=O) groups is 1. The maximum Gasteiger partial charge on any atom is 0.232 e. The van der Waals surface area contributed by atoms with E-state index in [4.69, 9.17) is 0 Å². The standard InChI is InChI=1S/C23H26N4O/c1-15(2)22(28)26-20(18-9-5-16(3)6-10-18)13-21(27-23(26)24-14-25-27)19-11-7-17(4)8-12-19/h5-12,14-15,20-21H,13H2,1-4H3. The lowest BCUT2D eigenvalue weighted by atomic mass is 9.90. The third-order valence-corrected chi connectivity index (χ3v) is 5.48. The third kappa shape index (κ3) is 3.21. The minimum atomic E-state index is -0.117. The summed E-state index contributed by atoms with van der Waals surface area (Å²) in [7, 11) is 0. The van der Waals surface area contributed by atoms with E-state index in [0.717, 1.165) is 12.0 Å². The lowest BCUT2D eigenvalue weighted by Gasteiger charge is -2.40. The van der Waals surface area contributed by atoms with Crippen LogP contribution in [-0.2, 0) is 4.79 Å². The molecule has 2 unspecified atom stereocenters. The zero-order valence-electron chi connectivity index (χ0n) is 16.8. The van der Waals surface area contributed by atoms with Crippen molar-refractivity contribution in [2.24, 2.45) is 5.92 Å². The van der Waals surface area contributed by atoms with Crippen molar-refractivity contribution in [2.45, 2.75) is 46.2 Å². The molecule has 0 N–H and O–H groups in total. The molecule has 0 radical (unpaired) electrons. The first-order valence-electron chi connectivity index (χ1n) is 9.81. The molecule has 2 heterocycles. The molecule has 0 fully saturated rings. The molecule has 1 aliphatic heterocycles. The second kappa shape index (κ2) is 7.23. The van der Waals surface area contributed by atoms with E-state index in [1.54, 1.807) is 6.33 Å². The van der Waals surface area contributed by atoms with Gasteiger partial charge in [-0.25, -0.2) is 4.68 Å². The molecule has 1 aromatic heterocycles. The van der Waals surface area contributed by atoms with Crippen molar-refractivity contribution in [3.05, 3.63) is 77.1 Å². The zero-order valence-corrected chi connectivity index (χ0v) is 16.8. The Balaban J connectivity index is 1.84. The minimum absolute atomic E-state index is 0.0422. The Morgan fingerprint density at radius 1 is 0.929 bits per heavy atom. The van der Waals surface area contributed by atoms with Gasteiger partial charge in [-0.3, -0.25) is 9.69 Å². The molecular weight excluding hydrogens is 348 g/mol. The highest BCUT2D eigenvalue weighted by molar-refractivity contribution is 5.94. The number of amides is 1. The topological polar surface area (TPSA) is 51.0 Å². The molecule has 0 spiro atoms. The monoisotopic (exact) mass is 374 g/mol. The van der Waals surface area contributed by atoms with Crippen molar-refractivity contribution in [1.29, 1.82) is 0 Å². The fourth-order valence-corrected chi connectivity index (χ4v) is 3.86.